The molecule has 1 unspecified atom stereocenters. The number of halogens is 2. The van der Waals surface area contributed by atoms with Crippen molar-refractivity contribution in [3.05, 3.63) is 33.3 Å². The third-order valence-corrected chi connectivity index (χ3v) is 4.89. The molecule has 0 radical (unpaired) electrons. The molecule has 0 aromatic heterocycles. The molecule has 1 aliphatic heterocycles. The van der Waals surface area contributed by atoms with Crippen molar-refractivity contribution in [3.8, 4) is 0 Å². The molecule has 19 heavy (non-hydrogen) atoms. The molecule has 4 heteroatoms. The first-order valence-corrected chi connectivity index (χ1v) is 8.06. The molecular formula is C15H19BrClNO. The lowest BCUT2D eigenvalue weighted by molar-refractivity contribution is 0.0600. The highest BCUT2D eigenvalue weighted by Crippen LogP contribution is 2.27. The summed E-state index contributed by atoms with van der Waals surface area (Å²) in [4.78, 5) is 14.7. The third-order valence-electron chi connectivity index (χ3n) is 3.68. The normalized spacial score (nSPS) is 19.5. The first-order valence-electron chi connectivity index (χ1n) is 6.89. The minimum atomic E-state index is 0.135. The Kier molecular flexibility index (Phi) is 5.28. The Morgan fingerprint density at radius 3 is 2.95 bits per heavy atom. The molecule has 1 aliphatic rings. The lowest BCUT2D eigenvalue weighted by Crippen LogP contribution is -2.43. The number of amides is 1. The summed E-state index contributed by atoms with van der Waals surface area (Å²) in [6, 6.07) is 5.81. The molecule has 1 amide bonds. The molecule has 0 aliphatic carbocycles. The van der Waals surface area contributed by atoms with E-state index in [4.69, 9.17) is 11.6 Å². The summed E-state index contributed by atoms with van der Waals surface area (Å²) >= 11 is 9.36. The molecule has 0 bridgehead atoms. The van der Waals surface area contributed by atoms with Gasteiger partial charge >= 0.3 is 0 Å². The summed E-state index contributed by atoms with van der Waals surface area (Å²) in [7, 11) is 0. The van der Waals surface area contributed by atoms with Gasteiger partial charge in [0, 0.05) is 22.6 Å². The van der Waals surface area contributed by atoms with Crippen molar-refractivity contribution in [2.75, 3.05) is 6.54 Å². The van der Waals surface area contributed by atoms with Crippen LogP contribution in [0.4, 0.5) is 0 Å². The van der Waals surface area contributed by atoms with Gasteiger partial charge in [-0.05, 0) is 59.8 Å². The average Bonchev–Trinajstić information content (AvgIpc) is 2.42. The van der Waals surface area contributed by atoms with Crippen LogP contribution < -0.4 is 0 Å². The van der Waals surface area contributed by atoms with Crippen molar-refractivity contribution in [1.82, 2.24) is 4.90 Å². The van der Waals surface area contributed by atoms with Crippen molar-refractivity contribution in [3.63, 3.8) is 0 Å². The van der Waals surface area contributed by atoms with Crippen LogP contribution in [0.15, 0.2) is 22.7 Å². The maximum atomic E-state index is 12.6. The van der Waals surface area contributed by atoms with Crippen LogP contribution in [0.3, 0.4) is 0 Å². The Hall–Kier alpha value is -0.540. The molecule has 1 aromatic rings. The van der Waals surface area contributed by atoms with Crippen LogP contribution in [0.25, 0.3) is 0 Å². The number of carbonyl (C=O) groups excluding carboxylic acids is 1. The number of hydrogen-bond donors (Lipinski definition) is 0. The Morgan fingerprint density at radius 1 is 1.47 bits per heavy atom. The number of carbonyl (C=O) groups is 1. The van der Waals surface area contributed by atoms with Gasteiger partial charge in [0.15, 0.2) is 0 Å². The molecule has 1 aromatic carbocycles. The monoisotopic (exact) mass is 343 g/mol. The minimum absolute atomic E-state index is 0.135. The van der Waals surface area contributed by atoms with Gasteiger partial charge in [0.25, 0.3) is 5.91 Å². The average molecular weight is 345 g/mol. The molecule has 0 N–H and O–H groups in total. The highest BCUT2D eigenvalue weighted by atomic mass is 79.9. The van der Waals surface area contributed by atoms with Gasteiger partial charge in [0.05, 0.1) is 5.02 Å². The fraction of sp³-hybridized carbons (Fsp3) is 0.533. The zero-order chi connectivity index (χ0) is 13.8. The van der Waals surface area contributed by atoms with Gasteiger partial charge in [-0.15, -0.1) is 0 Å². The van der Waals surface area contributed by atoms with Crippen molar-refractivity contribution in [1.29, 1.82) is 0 Å². The summed E-state index contributed by atoms with van der Waals surface area (Å²) < 4.78 is 0.782. The van der Waals surface area contributed by atoms with Crippen LogP contribution in [0.1, 0.15) is 49.4 Å². The van der Waals surface area contributed by atoms with Gasteiger partial charge in [-0.2, -0.15) is 0 Å². The third kappa shape index (κ3) is 3.51. The summed E-state index contributed by atoms with van der Waals surface area (Å²) in [6.07, 6.45) is 5.70. The van der Waals surface area contributed by atoms with Crippen LogP contribution >= 0.6 is 27.5 Å². The van der Waals surface area contributed by atoms with E-state index in [2.05, 4.69) is 22.9 Å². The Balaban J connectivity index is 2.18. The predicted molar refractivity (Wildman–Crippen MR) is 82.7 cm³/mol. The summed E-state index contributed by atoms with van der Waals surface area (Å²) in [5.74, 6) is 0.135. The first kappa shape index (κ1) is 14.9. The van der Waals surface area contributed by atoms with Crippen molar-refractivity contribution in [2.45, 2.75) is 45.1 Å². The molecule has 0 saturated carbocycles. The van der Waals surface area contributed by atoms with Gasteiger partial charge in [-0.1, -0.05) is 24.9 Å². The van der Waals surface area contributed by atoms with Gasteiger partial charge in [-0.3, -0.25) is 4.79 Å². The SMILES string of the molecule is CCCC1CCCCN1C(=O)c1ccc(Cl)c(Br)c1. The molecule has 2 rings (SSSR count). The summed E-state index contributed by atoms with van der Waals surface area (Å²) in [5, 5.41) is 0.639. The molecule has 104 valence electrons. The van der Waals surface area contributed by atoms with E-state index in [0.29, 0.717) is 11.1 Å². The standard InChI is InChI=1S/C15H19BrClNO/c1-2-5-12-6-3-4-9-18(12)15(19)11-7-8-14(17)13(16)10-11/h7-8,10,12H,2-6,9H2,1H3. The maximum absolute atomic E-state index is 12.6. The quantitative estimate of drug-likeness (QED) is 0.764. The van der Waals surface area contributed by atoms with Gasteiger partial charge < -0.3 is 4.90 Å². The van der Waals surface area contributed by atoms with Crippen LogP contribution in [-0.2, 0) is 0 Å². The predicted octanol–water partition coefficient (Wildman–Crippen LogP) is 4.90. The fourth-order valence-electron chi connectivity index (χ4n) is 2.70. The van der Waals surface area contributed by atoms with Crippen LogP contribution in [-0.4, -0.2) is 23.4 Å². The molecular weight excluding hydrogens is 326 g/mol. The Bertz CT molecular complexity index is 461. The minimum Gasteiger partial charge on any atom is -0.336 e. The number of benzene rings is 1. The number of nitrogens with zero attached hydrogens (tertiary/aromatic N) is 1. The molecule has 1 atom stereocenters. The topological polar surface area (TPSA) is 20.3 Å². The van der Waals surface area contributed by atoms with E-state index >= 15 is 0 Å². The lowest BCUT2D eigenvalue weighted by Gasteiger charge is -2.36. The Labute approximate surface area is 128 Å². The molecule has 1 saturated heterocycles. The number of piperidine rings is 1. The fourth-order valence-corrected chi connectivity index (χ4v) is 3.19. The van der Waals surface area contributed by atoms with E-state index in [-0.39, 0.29) is 5.91 Å². The number of rotatable bonds is 3. The summed E-state index contributed by atoms with van der Waals surface area (Å²) in [5.41, 5.74) is 0.722. The van der Waals surface area contributed by atoms with Gasteiger partial charge in [-0.25, -0.2) is 0 Å². The van der Waals surface area contributed by atoms with Crippen LogP contribution in [0, 0.1) is 0 Å². The summed E-state index contributed by atoms with van der Waals surface area (Å²) in [6.45, 7) is 3.06. The highest BCUT2D eigenvalue weighted by molar-refractivity contribution is 9.10. The van der Waals surface area contributed by atoms with Crippen molar-refractivity contribution >= 4 is 33.4 Å². The van der Waals surface area contributed by atoms with E-state index in [0.717, 1.165) is 42.3 Å². The number of hydrogen-bond acceptors (Lipinski definition) is 1. The second-order valence-corrected chi connectivity index (χ2v) is 6.33. The molecule has 2 nitrogen and oxygen atoms in total. The molecule has 0 spiro atoms. The van der Waals surface area contributed by atoms with E-state index < -0.39 is 0 Å². The second kappa shape index (κ2) is 6.76. The van der Waals surface area contributed by atoms with Crippen molar-refractivity contribution in [2.24, 2.45) is 0 Å². The van der Waals surface area contributed by atoms with Gasteiger partial charge in [0.1, 0.15) is 0 Å². The van der Waals surface area contributed by atoms with Crippen molar-refractivity contribution < 1.29 is 4.79 Å². The lowest BCUT2D eigenvalue weighted by atomic mass is 9.97. The first-order chi connectivity index (χ1) is 9.13. The molecule has 1 fully saturated rings. The second-order valence-electron chi connectivity index (χ2n) is 5.07. The zero-order valence-corrected chi connectivity index (χ0v) is 13.5. The van der Waals surface area contributed by atoms with Crippen LogP contribution in [0.2, 0.25) is 5.02 Å². The van der Waals surface area contributed by atoms with E-state index in [1.54, 1.807) is 6.07 Å². The smallest absolute Gasteiger partial charge is 0.254 e. The Morgan fingerprint density at radius 2 is 2.26 bits per heavy atom. The maximum Gasteiger partial charge on any atom is 0.254 e. The number of likely N-dealkylation sites (tertiary alicyclic amines) is 1. The van der Waals surface area contributed by atoms with E-state index in [9.17, 15) is 4.79 Å². The van der Waals surface area contributed by atoms with Crippen LogP contribution in [0.5, 0.6) is 0 Å². The zero-order valence-electron chi connectivity index (χ0n) is 11.2. The highest BCUT2D eigenvalue weighted by Gasteiger charge is 2.26. The van der Waals surface area contributed by atoms with E-state index in [1.165, 1.54) is 6.42 Å². The van der Waals surface area contributed by atoms with E-state index in [1.807, 2.05) is 17.0 Å². The van der Waals surface area contributed by atoms with Gasteiger partial charge in [0.2, 0.25) is 0 Å². The largest absolute Gasteiger partial charge is 0.336 e. The molecule has 1 heterocycles.